The Morgan fingerprint density at radius 1 is 1.58 bits per heavy atom. The van der Waals surface area contributed by atoms with E-state index in [2.05, 4.69) is 0 Å². The third-order valence-electron chi connectivity index (χ3n) is 1.68. The Hall–Kier alpha value is -1.38. The van der Waals surface area contributed by atoms with Crippen molar-refractivity contribution in [2.45, 2.75) is 13.3 Å². The molecule has 0 saturated heterocycles. The molecule has 0 saturated carbocycles. The SMILES string of the molecule is Cc1ccc(F)cc1CC(N)=O. The molecule has 0 radical (unpaired) electrons. The van der Waals surface area contributed by atoms with Gasteiger partial charge >= 0.3 is 0 Å². The van der Waals surface area contributed by atoms with Crippen LogP contribution in [0.3, 0.4) is 0 Å². The van der Waals surface area contributed by atoms with Gasteiger partial charge in [-0.25, -0.2) is 4.39 Å². The number of nitrogens with two attached hydrogens (primary N) is 1. The lowest BCUT2D eigenvalue weighted by molar-refractivity contribution is -0.117. The maximum Gasteiger partial charge on any atom is 0.221 e. The molecule has 64 valence electrons. The first-order chi connectivity index (χ1) is 5.59. The van der Waals surface area contributed by atoms with Crippen LogP contribution in [0.4, 0.5) is 4.39 Å². The zero-order chi connectivity index (χ0) is 9.14. The highest BCUT2D eigenvalue weighted by Crippen LogP contribution is 2.10. The lowest BCUT2D eigenvalue weighted by atomic mass is 10.1. The van der Waals surface area contributed by atoms with Gasteiger partial charge in [0.2, 0.25) is 5.91 Å². The minimum atomic E-state index is -0.441. The van der Waals surface area contributed by atoms with Gasteiger partial charge in [-0.05, 0) is 30.2 Å². The van der Waals surface area contributed by atoms with Crippen molar-refractivity contribution in [1.29, 1.82) is 0 Å². The van der Waals surface area contributed by atoms with Gasteiger partial charge in [-0.3, -0.25) is 4.79 Å². The van der Waals surface area contributed by atoms with E-state index in [9.17, 15) is 9.18 Å². The molecule has 0 spiro atoms. The summed E-state index contributed by atoms with van der Waals surface area (Å²) in [6.45, 7) is 1.82. The molecule has 2 N–H and O–H groups in total. The van der Waals surface area contributed by atoms with Gasteiger partial charge in [0.1, 0.15) is 5.82 Å². The fourth-order valence-corrected chi connectivity index (χ4v) is 1.02. The van der Waals surface area contributed by atoms with Crippen molar-refractivity contribution in [1.82, 2.24) is 0 Å². The summed E-state index contributed by atoms with van der Waals surface area (Å²) < 4.78 is 12.6. The van der Waals surface area contributed by atoms with Crippen molar-refractivity contribution in [3.8, 4) is 0 Å². The van der Waals surface area contributed by atoms with Crippen molar-refractivity contribution < 1.29 is 9.18 Å². The van der Waals surface area contributed by atoms with Crippen LogP contribution < -0.4 is 5.73 Å². The second-order valence-electron chi connectivity index (χ2n) is 2.71. The van der Waals surface area contributed by atoms with Crippen LogP contribution in [-0.4, -0.2) is 5.91 Å². The summed E-state index contributed by atoms with van der Waals surface area (Å²) in [4.78, 5) is 10.5. The molecule has 2 nitrogen and oxygen atoms in total. The highest BCUT2D eigenvalue weighted by atomic mass is 19.1. The van der Waals surface area contributed by atoms with E-state index in [4.69, 9.17) is 5.73 Å². The molecule has 0 aliphatic rings. The maximum absolute atomic E-state index is 12.6. The molecule has 0 heterocycles. The molecule has 1 rings (SSSR count). The number of primary amides is 1. The van der Waals surface area contributed by atoms with E-state index in [0.29, 0.717) is 5.56 Å². The molecule has 0 bridgehead atoms. The standard InChI is InChI=1S/C9H10FNO/c1-6-2-3-8(10)4-7(6)5-9(11)12/h2-4H,5H2,1H3,(H2,11,12). The van der Waals surface area contributed by atoms with Crippen LogP contribution >= 0.6 is 0 Å². The Morgan fingerprint density at radius 2 is 2.25 bits per heavy atom. The fourth-order valence-electron chi connectivity index (χ4n) is 1.02. The highest BCUT2D eigenvalue weighted by molar-refractivity contribution is 5.76. The molecule has 12 heavy (non-hydrogen) atoms. The first-order valence-electron chi connectivity index (χ1n) is 3.63. The highest BCUT2D eigenvalue weighted by Gasteiger charge is 2.02. The first kappa shape index (κ1) is 8.71. The number of aryl methyl sites for hydroxylation is 1. The summed E-state index contributed by atoms with van der Waals surface area (Å²) in [7, 11) is 0. The largest absolute Gasteiger partial charge is 0.369 e. The van der Waals surface area contributed by atoms with Gasteiger partial charge < -0.3 is 5.73 Å². The number of rotatable bonds is 2. The molecule has 3 heteroatoms. The number of carbonyl (C=O) groups is 1. The zero-order valence-corrected chi connectivity index (χ0v) is 6.80. The normalized spacial score (nSPS) is 9.83. The monoisotopic (exact) mass is 167 g/mol. The second-order valence-corrected chi connectivity index (χ2v) is 2.71. The topological polar surface area (TPSA) is 43.1 Å². The third kappa shape index (κ3) is 2.05. The Morgan fingerprint density at radius 3 is 2.83 bits per heavy atom. The van der Waals surface area contributed by atoms with E-state index in [0.717, 1.165) is 5.56 Å². The number of amides is 1. The average Bonchev–Trinajstić information content (AvgIpc) is 1.96. The molecular weight excluding hydrogens is 157 g/mol. The summed E-state index contributed by atoms with van der Waals surface area (Å²) in [5.41, 5.74) is 6.52. The van der Waals surface area contributed by atoms with E-state index < -0.39 is 5.91 Å². The Bertz CT molecular complexity index is 309. The van der Waals surface area contributed by atoms with Crippen molar-refractivity contribution in [2.24, 2.45) is 5.73 Å². The summed E-state index contributed by atoms with van der Waals surface area (Å²) in [6, 6.07) is 4.33. The summed E-state index contributed by atoms with van der Waals surface area (Å²) in [6.07, 6.45) is 0.101. The predicted molar refractivity (Wildman–Crippen MR) is 44.0 cm³/mol. The van der Waals surface area contributed by atoms with Crippen molar-refractivity contribution in [2.75, 3.05) is 0 Å². The van der Waals surface area contributed by atoms with Crippen molar-refractivity contribution >= 4 is 5.91 Å². The Kier molecular flexibility index (Phi) is 2.43. The van der Waals surface area contributed by atoms with E-state index >= 15 is 0 Å². The molecule has 1 amide bonds. The number of benzene rings is 1. The van der Waals surface area contributed by atoms with Crippen molar-refractivity contribution in [3.63, 3.8) is 0 Å². The first-order valence-corrected chi connectivity index (χ1v) is 3.63. The molecular formula is C9H10FNO. The van der Waals surface area contributed by atoms with E-state index in [1.807, 2.05) is 6.92 Å². The van der Waals surface area contributed by atoms with Gasteiger partial charge in [0, 0.05) is 0 Å². The summed E-state index contributed by atoms with van der Waals surface area (Å²) in [5, 5.41) is 0. The van der Waals surface area contributed by atoms with E-state index in [1.54, 1.807) is 6.07 Å². The lowest BCUT2D eigenvalue weighted by Crippen LogP contribution is -2.14. The Balaban J connectivity index is 2.97. The third-order valence-corrected chi connectivity index (χ3v) is 1.68. The summed E-state index contributed by atoms with van der Waals surface area (Å²) >= 11 is 0. The predicted octanol–water partition coefficient (Wildman–Crippen LogP) is 1.16. The van der Waals surface area contributed by atoms with Gasteiger partial charge in [-0.1, -0.05) is 6.07 Å². The Labute approximate surface area is 70.2 Å². The molecule has 0 aliphatic heterocycles. The van der Waals surface area contributed by atoms with Gasteiger partial charge in [0.25, 0.3) is 0 Å². The zero-order valence-electron chi connectivity index (χ0n) is 6.80. The number of carbonyl (C=O) groups excluding carboxylic acids is 1. The maximum atomic E-state index is 12.6. The molecule has 0 fully saturated rings. The average molecular weight is 167 g/mol. The fraction of sp³-hybridized carbons (Fsp3) is 0.222. The van der Waals surface area contributed by atoms with Crippen molar-refractivity contribution in [3.05, 3.63) is 35.1 Å². The molecule has 0 aliphatic carbocycles. The van der Waals surface area contributed by atoms with Gasteiger partial charge in [0.15, 0.2) is 0 Å². The van der Waals surface area contributed by atoms with Gasteiger partial charge in [-0.2, -0.15) is 0 Å². The van der Waals surface area contributed by atoms with Crippen LogP contribution in [0.25, 0.3) is 0 Å². The molecule has 1 aromatic carbocycles. The van der Waals surface area contributed by atoms with Crippen LogP contribution in [0, 0.1) is 12.7 Å². The number of hydrogen-bond donors (Lipinski definition) is 1. The summed E-state index contributed by atoms with van der Waals surface area (Å²) in [5.74, 6) is -0.777. The van der Waals surface area contributed by atoms with Gasteiger partial charge in [0.05, 0.1) is 6.42 Å². The molecule has 0 unspecified atom stereocenters. The molecule has 0 atom stereocenters. The van der Waals surface area contributed by atoms with E-state index in [-0.39, 0.29) is 12.2 Å². The lowest BCUT2D eigenvalue weighted by Gasteiger charge is -2.02. The van der Waals surface area contributed by atoms with Gasteiger partial charge in [-0.15, -0.1) is 0 Å². The van der Waals surface area contributed by atoms with E-state index in [1.165, 1.54) is 12.1 Å². The molecule has 0 aromatic heterocycles. The van der Waals surface area contributed by atoms with Crippen LogP contribution in [0.15, 0.2) is 18.2 Å². The quantitative estimate of drug-likeness (QED) is 0.705. The van der Waals surface area contributed by atoms with Crippen LogP contribution in [0.5, 0.6) is 0 Å². The number of hydrogen-bond acceptors (Lipinski definition) is 1. The minimum Gasteiger partial charge on any atom is -0.369 e. The van der Waals surface area contributed by atoms with Crippen LogP contribution in [-0.2, 0) is 11.2 Å². The number of halogens is 1. The van der Waals surface area contributed by atoms with Crippen LogP contribution in [0.2, 0.25) is 0 Å². The smallest absolute Gasteiger partial charge is 0.221 e. The molecule has 1 aromatic rings. The van der Waals surface area contributed by atoms with Crippen LogP contribution in [0.1, 0.15) is 11.1 Å². The second kappa shape index (κ2) is 3.34. The minimum absolute atomic E-state index is 0.101.